The van der Waals surface area contributed by atoms with E-state index < -0.39 is 22.0 Å². The molecule has 0 bridgehead atoms. The molecule has 1 fully saturated rings. The van der Waals surface area contributed by atoms with Crippen LogP contribution in [-0.4, -0.2) is 72.7 Å². The van der Waals surface area contributed by atoms with E-state index in [0.29, 0.717) is 5.69 Å². The number of pyridine rings is 1. The highest BCUT2D eigenvalue weighted by Crippen LogP contribution is 2.21. The molecule has 0 unspecified atom stereocenters. The summed E-state index contributed by atoms with van der Waals surface area (Å²) in [4.78, 5) is 17.7. The molecule has 21 heavy (non-hydrogen) atoms. The third-order valence-electron chi connectivity index (χ3n) is 3.56. The number of carbonyl (C=O) groups excluding carboxylic acids is 1. The Balaban J connectivity index is 2.06. The highest BCUT2D eigenvalue weighted by atomic mass is 32.2. The van der Waals surface area contributed by atoms with E-state index in [-0.39, 0.29) is 24.7 Å². The fraction of sp³-hybridized carbons (Fsp3) is 0.538. The van der Waals surface area contributed by atoms with E-state index in [9.17, 15) is 18.3 Å². The van der Waals surface area contributed by atoms with Crippen LogP contribution in [0.25, 0.3) is 0 Å². The second kappa shape index (κ2) is 6.08. The zero-order valence-corrected chi connectivity index (χ0v) is 12.8. The number of nitrogens with zero attached hydrogens (tertiary/aromatic N) is 3. The van der Waals surface area contributed by atoms with Crippen molar-refractivity contribution in [1.82, 2.24) is 14.2 Å². The lowest BCUT2D eigenvalue weighted by atomic mass is 10.1. The summed E-state index contributed by atoms with van der Waals surface area (Å²) in [7, 11) is -0.505. The molecule has 1 aromatic heterocycles. The van der Waals surface area contributed by atoms with Gasteiger partial charge in [-0.05, 0) is 12.1 Å². The van der Waals surface area contributed by atoms with Gasteiger partial charge in [0.15, 0.2) is 0 Å². The molecular formula is C13H19N3O4S. The van der Waals surface area contributed by atoms with E-state index in [1.165, 1.54) is 25.2 Å². The SMILES string of the molecule is CN(C)S(=O)(=O)C[C@@H]1CN(C(=O)c2ccccn2)C[C@H]1O. The summed E-state index contributed by atoms with van der Waals surface area (Å²) in [5, 5.41) is 10.0. The number of aliphatic hydroxyl groups excluding tert-OH is 1. The minimum absolute atomic E-state index is 0.128. The van der Waals surface area contributed by atoms with Crippen molar-refractivity contribution in [3.05, 3.63) is 30.1 Å². The number of hydrogen-bond donors (Lipinski definition) is 1. The molecule has 8 heteroatoms. The number of rotatable bonds is 4. The zero-order valence-electron chi connectivity index (χ0n) is 12.0. The first-order chi connectivity index (χ1) is 9.81. The zero-order chi connectivity index (χ0) is 15.6. The third kappa shape index (κ3) is 3.58. The van der Waals surface area contributed by atoms with Crippen molar-refractivity contribution < 1.29 is 18.3 Å². The van der Waals surface area contributed by atoms with Gasteiger partial charge < -0.3 is 10.0 Å². The molecule has 0 spiro atoms. The first-order valence-electron chi connectivity index (χ1n) is 6.60. The normalized spacial score (nSPS) is 22.8. The summed E-state index contributed by atoms with van der Waals surface area (Å²) in [5.41, 5.74) is 0.292. The van der Waals surface area contributed by atoms with Crippen LogP contribution in [0.3, 0.4) is 0 Å². The maximum absolute atomic E-state index is 12.2. The van der Waals surface area contributed by atoms with Gasteiger partial charge in [-0.2, -0.15) is 0 Å². The molecule has 1 aliphatic heterocycles. The summed E-state index contributed by atoms with van der Waals surface area (Å²) in [6.45, 7) is 0.340. The van der Waals surface area contributed by atoms with Crippen LogP contribution in [0.2, 0.25) is 0 Å². The molecule has 2 rings (SSSR count). The van der Waals surface area contributed by atoms with Crippen molar-refractivity contribution in [2.45, 2.75) is 6.10 Å². The van der Waals surface area contributed by atoms with Crippen molar-refractivity contribution in [3.63, 3.8) is 0 Å². The van der Waals surface area contributed by atoms with Gasteiger partial charge in [-0.25, -0.2) is 12.7 Å². The topological polar surface area (TPSA) is 90.8 Å². The standard InChI is InChI=1S/C13H19N3O4S/c1-15(2)21(19,20)9-10-7-16(8-12(10)17)13(18)11-5-3-4-6-14-11/h3-6,10,12,17H,7-9H2,1-2H3/t10-,12+/m0/s1. The van der Waals surface area contributed by atoms with E-state index >= 15 is 0 Å². The first-order valence-corrected chi connectivity index (χ1v) is 8.21. The molecule has 1 aromatic rings. The molecule has 1 aliphatic rings. The van der Waals surface area contributed by atoms with Crippen LogP contribution in [-0.2, 0) is 10.0 Å². The molecule has 116 valence electrons. The van der Waals surface area contributed by atoms with Gasteiger partial charge in [0.25, 0.3) is 5.91 Å². The predicted octanol–water partition coefficient (Wildman–Crippen LogP) is -0.594. The maximum Gasteiger partial charge on any atom is 0.272 e. The summed E-state index contributed by atoms with van der Waals surface area (Å²) in [6.07, 6.45) is 0.681. The van der Waals surface area contributed by atoms with Gasteiger partial charge in [-0.1, -0.05) is 6.07 Å². The summed E-state index contributed by atoms with van der Waals surface area (Å²) in [6, 6.07) is 5.02. The lowest BCUT2D eigenvalue weighted by Gasteiger charge is -2.17. The van der Waals surface area contributed by atoms with E-state index in [0.717, 1.165) is 4.31 Å². The number of amides is 1. The average molecular weight is 313 g/mol. The van der Waals surface area contributed by atoms with Crippen LogP contribution >= 0.6 is 0 Å². The lowest BCUT2D eigenvalue weighted by molar-refractivity contribution is 0.0759. The van der Waals surface area contributed by atoms with Gasteiger partial charge in [0.1, 0.15) is 5.69 Å². The molecule has 0 aromatic carbocycles. The minimum Gasteiger partial charge on any atom is -0.391 e. The largest absolute Gasteiger partial charge is 0.391 e. The molecular weight excluding hydrogens is 294 g/mol. The Morgan fingerprint density at radius 3 is 2.71 bits per heavy atom. The molecule has 2 atom stereocenters. The Labute approximate surface area is 124 Å². The molecule has 0 radical (unpaired) electrons. The quantitative estimate of drug-likeness (QED) is 0.802. The highest BCUT2D eigenvalue weighted by Gasteiger charge is 2.37. The predicted molar refractivity (Wildman–Crippen MR) is 77.1 cm³/mol. The van der Waals surface area contributed by atoms with Gasteiger partial charge in [0.05, 0.1) is 11.9 Å². The van der Waals surface area contributed by atoms with Gasteiger partial charge in [-0.15, -0.1) is 0 Å². The van der Waals surface area contributed by atoms with Gasteiger partial charge in [0, 0.05) is 39.3 Å². The number of likely N-dealkylation sites (tertiary alicyclic amines) is 1. The first kappa shape index (κ1) is 15.9. The Morgan fingerprint density at radius 2 is 2.14 bits per heavy atom. The molecule has 1 N–H and O–H groups in total. The van der Waals surface area contributed by atoms with Crippen LogP contribution in [0.5, 0.6) is 0 Å². The number of sulfonamides is 1. The lowest BCUT2D eigenvalue weighted by Crippen LogP contribution is -2.33. The number of aliphatic hydroxyl groups is 1. The van der Waals surface area contributed by atoms with Crippen LogP contribution in [0.1, 0.15) is 10.5 Å². The van der Waals surface area contributed by atoms with Crippen molar-refractivity contribution in [3.8, 4) is 0 Å². The number of aromatic nitrogens is 1. The fourth-order valence-corrected chi connectivity index (χ4v) is 3.42. The van der Waals surface area contributed by atoms with E-state index in [1.807, 2.05) is 0 Å². The van der Waals surface area contributed by atoms with E-state index in [1.54, 1.807) is 18.2 Å². The maximum atomic E-state index is 12.2. The Kier molecular flexibility index (Phi) is 4.60. The molecule has 2 heterocycles. The van der Waals surface area contributed by atoms with Crippen molar-refractivity contribution in [2.24, 2.45) is 5.92 Å². The van der Waals surface area contributed by atoms with Crippen LogP contribution in [0.15, 0.2) is 24.4 Å². The molecule has 7 nitrogen and oxygen atoms in total. The van der Waals surface area contributed by atoms with E-state index in [4.69, 9.17) is 0 Å². The summed E-state index contributed by atoms with van der Waals surface area (Å²) >= 11 is 0. The van der Waals surface area contributed by atoms with Crippen LogP contribution in [0.4, 0.5) is 0 Å². The van der Waals surface area contributed by atoms with E-state index in [2.05, 4.69) is 4.98 Å². The molecule has 1 amide bonds. The Bertz CT molecular complexity index is 603. The van der Waals surface area contributed by atoms with Gasteiger partial charge >= 0.3 is 0 Å². The van der Waals surface area contributed by atoms with Crippen molar-refractivity contribution in [1.29, 1.82) is 0 Å². The fourth-order valence-electron chi connectivity index (χ4n) is 2.25. The number of carbonyl (C=O) groups is 1. The number of hydrogen-bond acceptors (Lipinski definition) is 5. The summed E-state index contributed by atoms with van der Waals surface area (Å²) < 4.78 is 24.9. The second-order valence-electron chi connectivity index (χ2n) is 5.31. The average Bonchev–Trinajstić information content (AvgIpc) is 2.79. The minimum atomic E-state index is -3.41. The van der Waals surface area contributed by atoms with Crippen molar-refractivity contribution >= 4 is 15.9 Å². The Hall–Kier alpha value is -1.51. The summed E-state index contributed by atoms with van der Waals surface area (Å²) in [5.74, 6) is -0.947. The monoisotopic (exact) mass is 313 g/mol. The molecule has 0 saturated carbocycles. The van der Waals surface area contributed by atoms with Crippen LogP contribution in [0, 0.1) is 5.92 Å². The Morgan fingerprint density at radius 1 is 1.43 bits per heavy atom. The van der Waals surface area contributed by atoms with Gasteiger partial charge in [0.2, 0.25) is 10.0 Å². The van der Waals surface area contributed by atoms with Gasteiger partial charge in [-0.3, -0.25) is 9.78 Å². The number of β-amino-alcohol motifs (C(OH)–C–C–N with tert-alkyl or cyclic N) is 1. The van der Waals surface area contributed by atoms with Crippen LogP contribution < -0.4 is 0 Å². The second-order valence-corrected chi connectivity index (χ2v) is 7.54. The highest BCUT2D eigenvalue weighted by molar-refractivity contribution is 7.89. The third-order valence-corrected chi connectivity index (χ3v) is 5.52. The molecule has 0 aliphatic carbocycles. The van der Waals surface area contributed by atoms with Crippen molar-refractivity contribution in [2.75, 3.05) is 32.9 Å². The smallest absolute Gasteiger partial charge is 0.272 e. The molecule has 1 saturated heterocycles.